The van der Waals surface area contributed by atoms with Crippen molar-refractivity contribution in [3.05, 3.63) is 35.5 Å². The molecule has 2 aromatic rings. The fourth-order valence-corrected chi connectivity index (χ4v) is 1.64. The number of anilines is 1. The first-order chi connectivity index (χ1) is 6.75. The van der Waals surface area contributed by atoms with Gasteiger partial charge in [0.15, 0.2) is 0 Å². The molecule has 4 heteroatoms. The molecule has 2 N–H and O–H groups in total. The second-order valence-electron chi connectivity index (χ2n) is 2.95. The molecule has 2 rings (SSSR count). The van der Waals surface area contributed by atoms with E-state index in [0.717, 1.165) is 22.1 Å². The van der Waals surface area contributed by atoms with Gasteiger partial charge in [-0.05, 0) is 30.7 Å². The molecule has 0 unspecified atom stereocenters. The van der Waals surface area contributed by atoms with Crippen molar-refractivity contribution >= 4 is 17.0 Å². The summed E-state index contributed by atoms with van der Waals surface area (Å²) in [7, 11) is 0. The van der Waals surface area contributed by atoms with E-state index in [9.17, 15) is 0 Å². The lowest BCUT2D eigenvalue weighted by Gasteiger charge is -2.06. The molecule has 0 aliphatic carbocycles. The monoisotopic (exact) mass is 206 g/mol. The molecular weight excluding hydrogens is 196 g/mol. The second kappa shape index (κ2) is 3.67. The van der Waals surface area contributed by atoms with Crippen LogP contribution in [0.4, 0.5) is 5.69 Å². The van der Waals surface area contributed by atoms with Crippen LogP contribution in [-0.4, -0.2) is 4.98 Å². The van der Waals surface area contributed by atoms with Crippen molar-refractivity contribution < 1.29 is 4.74 Å². The lowest BCUT2D eigenvalue weighted by molar-refractivity contribution is 0.491. The van der Waals surface area contributed by atoms with Crippen molar-refractivity contribution in [3.63, 3.8) is 0 Å². The second-order valence-corrected chi connectivity index (χ2v) is 3.80. The molecule has 0 saturated heterocycles. The highest BCUT2D eigenvalue weighted by Gasteiger charge is 2.02. The van der Waals surface area contributed by atoms with Crippen LogP contribution < -0.4 is 10.5 Å². The molecule has 0 aliphatic rings. The number of benzene rings is 1. The number of aryl methyl sites for hydroxylation is 1. The first-order valence-electron chi connectivity index (χ1n) is 4.18. The SMILES string of the molecule is Cc1cc(N)ccc1Oc1cncs1. The summed E-state index contributed by atoms with van der Waals surface area (Å²) >= 11 is 1.47. The van der Waals surface area contributed by atoms with E-state index >= 15 is 0 Å². The number of rotatable bonds is 2. The third kappa shape index (κ3) is 1.85. The quantitative estimate of drug-likeness (QED) is 0.768. The molecule has 0 fully saturated rings. The van der Waals surface area contributed by atoms with Crippen LogP contribution >= 0.6 is 11.3 Å². The number of hydrogen-bond donors (Lipinski definition) is 1. The number of nitrogen functional groups attached to an aromatic ring is 1. The lowest BCUT2D eigenvalue weighted by Crippen LogP contribution is -1.89. The normalized spacial score (nSPS) is 10.1. The average molecular weight is 206 g/mol. The topological polar surface area (TPSA) is 48.1 Å². The predicted octanol–water partition coefficient (Wildman–Crippen LogP) is 2.83. The summed E-state index contributed by atoms with van der Waals surface area (Å²) in [5, 5.41) is 0.790. The number of hydrogen-bond acceptors (Lipinski definition) is 4. The van der Waals surface area contributed by atoms with Gasteiger partial charge in [-0.3, -0.25) is 0 Å². The lowest BCUT2D eigenvalue weighted by atomic mass is 10.2. The fraction of sp³-hybridized carbons (Fsp3) is 0.100. The Morgan fingerprint density at radius 2 is 2.29 bits per heavy atom. The van der Waals surface area contributed by atoms with Gasteiger partial charge >= 0.3 is 0 Å². The number of ether oxygens (including phenoxy) is 1. The first-order valence-corrected chi connectivity index (χ1v) is 5.06. The van der Waals surface area contributed by atoms with E-state index in [1.165, 1.54) is 11.3 Å². The van der Waals surface area contributed by atoms with Gasteiger partial charge in [-0.25, -0.2) is 4.98 Å². The zero-order chi connectivity index (χ0) is 9.97. The number of nitrogens with two attached hydrogens (primary N) is 1. The maximum Gasteiger partial charge on any atom is 0.200 e. The van der Waals surface area contributed by atoms with Crippen LogP contribution in [0, 0.1) is 6.92 Å². The Morgan fingerprint density at radius 3 is 2.93 bits per heavy atom. The summed E-state index contributed by atoms with van der Waals surface area (Å²) in [6.07, 6.45) is 1.69. The van der Waals surface area contributed by atoms with Crippen molar-refractivity contribution in [1.29, 1.82) is 0 Å². The third-order valence-corrected chi connectivity index (χ3v) is 2.47. The van der Waals surface area contributed by atoms with Crippen molar-refractivity contribution in [2.24, 2.45) is 0 Å². The van der Waals surface area contributed by atoms with E-state index in [2.05, 4.69) is 4.98 Å². The molecule has 0 spiro atoms. The van der Waals surface area contributed by atoms with Crippen molar-refractivity contribution in [2.75, 3.05) is 5.73 Å². The Bertz CT molecular complexity index is 426. The van der Waals surface area contributed by atoms with Crippen LogP contribution in [0.5, 0.6) is 10.8 Å². The standard InChI is InChI=1S/C10H10N2OS/c1-7-4-8(11)2-3-9(7)13-10-5-12-6-14-10/h2-6H,11H2,1H3. The van der Waals surface area contributed by atoms with Gasteiger partial charge in [-0.2, -0.15) is 0 Å². The Kier molecular flexibility index (Phi) is 2.37. The van der Waals surface area contributed by atoms with Gasteiger partial charge < -0.3 is 10.5 Å². The highest BCUT2D eigenvalue weighted by Crippen LogP contribution is 2.28. The zero-order valence-corrected chi connectivity index (χ0v) is 8.54. The molecule has 72 valence electrons. The minimum atomic E-state index is 0.749. The molecule has 14 heavy (non-hydrogen) atoms. The highest BCUT2D eigenvalue weighted by molar-refractivity contribution is 7.11. The summed E-state index contributed by atoms with van der Waals surface area (Å²) in [5.41, 5.74) is 9.15. The van der Waals surface area contributed by atoms with Gasteiger partial charge in [0.25, 0.3) is 0 Å². The zero-order valence-electron chi connectivity index (χ0n) is 7.73. The van der Waals surface area contributed by atoms with Crippen LogP contribution in [0.3, 0.4) is 0 Å². The van der Waals surface area contributed by atoms with Crippen LogP contribution in [0.25, 0.3) is 0 Å². The maximum atomic E-state index is 5.64. The average Bonchev–Trinajstić information content (AvgIpc) is 2.62. The summed E-state index contributed by atoms with van der Waals surface area (Å²) in [6.45, 7) is 1.97. The van der Waals surface area contributed by atoms with Gasteiger partial charge in [0.05, 0.1) is 11.7 Å². The van der Waals surface area contributed by atoms with Gasteiger partial charge in [0, 0.05) is 5.69 Å². The minimum absolute atomic E-state index is 0.749. The molecule has 0 radical (unpaired) electrons. The maximum absolute atomic E-state index is 5.64. The molecular formula is C10H10N2OS. The van der Waals surface area contributed by atoms with Crippen LogP contribution in [-0.2, 0) is 0 Å². The Morgan fingerprint density at radius 1 is 1.43 bits per heavy atom. The molecule has 1 aromatic heterocycles. The van der Waals surface area contributed by atoms with Crippen molar-refractivity contribution in [3.8, 4) is 10.8 Å². The molecule has 0 amide bonds. The number of nitrogens with zero attached hydrogens (tertiary/aromatic N) is 1. The Balaban J connectivity index is 2.25. The van der Waals surface area contributed by atoms with E-state index in [0.29, 0.717) is 0 Å². The highest BCUT2D eigenvalue weighted by atomic mass is 32.1. The van der Waals surface area contributed by atoms with E-state index in [1.54, 1.807) is 11.7 Å². The number of aromatic nitrogens is 1. The summed E-state index contributed by atoms with van der Waals surface area (Å²) in [4.78, 5) is 3.93. The predicted molar refractivity (Wildman–Crippen MR) is 57.8 cm³/mol. The Hall–Kier alpha value is -1.55. The summed E-state index contributed by atoms with van der Waals surface area (Å²) < 4.78 is 5.60. The van der Waals surface area contributed by atoms with E-state index < -0.39 is 0 Å². The van der Waals surface area contributed by atoms with Gasteiger partial charge in [-0.15, -0.1) is 0 Å². The fourth-order valence-electron chi connectivity index (χ4n) is 1.15. The van der Waals surface area contributed by atoms with Gasteiger partial charge in [-0.1, -0.05) is 11.3 Å². The molecule has 0 saturated carbocycles. The van der Waals surface area contributed by atoms with Crippen molar-refractivity contribution in [1.82, 2.24) is 4.98 Å². The van der Waals surface area contributed by atoms with Crippen LogP contribution in [0.2, 0.25) is 0 Å². The molecule has 0 bridgehead atoms. The molecule has 0 aliphatic heterocycles. The smallest absolute Gasteiger partial charge is 0.200 e. The molecule has 0 atom stereocenters. The van der Waals surface area contributed by atoms with Crippen LogP contribution in [0.1, 0.15) is 5.56 Å². The molecule has 1 aromatic carbocycles. The van der Waals surface area contributed by atoms with Crippen molar-refractivity contribution in [2.45, 2.75) is 6.92 Å². The van der Waals surface area contributed by atoms with Gasteiger partial charge in [0.1, 0.15) is 5.75 Å². The van der Waals surface area contributed by atoms with Gasteiger partial charge in [0.2, 0.25) is 5.06 Å². The summed E-state index contributed by atoms with van der Waals surface area (Å²) in [5.74, 6) is 0.823. The number of thiazole rings is 1. The summed E-state index contributed by atoms with van der Waals surface area (Å²) in [6, 6.07) is 5.57. The Labute approximate surface area is 86.2 Å². The van der Waals surface area contributed by atoms with E-state index in [4.69, 9.17) is 10.5 Å². The molecule has 1 heterocycles. The van der Waals surface area contributed by atoms with Crippen LogP contribution in [0.15, 0.2) is 29.9 Å². The van der Waals surface area contributed by atoms with E-state index in [1.807, 2.05) is 25.1 Å². The first kappa shape index (κ1) is 9.02. The largest absolute Gasteiger partial charge is 0.445 e. The minimum Gasteiger partial charge on any atom is -0.445 e. The third-order valence-electron chi connectivity index (χ3n) is 1.82. The molecule has 3 nitrogen and oxygen atoms in total. The van der Waals surface area contributed by atoms with E-state index in [-0.39, 0.29) is 0 Å².